The first-order valence-corrected chi connectivity index (χ1v) is 12.5. The second kappa shape index (κ2) is 9.05. The maximum atomic E-state index is 11.7. The highest BCUT2D eigenvalue weighted by atomic mass is 35.5. The van der Waals surface area contributed by atoms with Crippen molar-refractivity contribution < 1.29 is 9.26 Å². The van der Waals surface area contributed by atoms with Gasteiger partial charge in [-0.05, 0) is 79.1 Å². The average molecular weight is 514 g/mol. The standard InChI is InChI=1S/C28H24ClN5O3/c1-4-36-27-31-24-21(29)13-14-30-26(24)34(27)22-12-11-20-18(15(22)2)10-9-17-7-5-6-8-19(17)23(20)16(3)25-32-28(35)37-33-25/h5-8,11-14H,4,9-10H2,1-3H3,(H,32,33,35)/b23-16+. The summed E-state index contributed by atoms with van der Waals surface area (Å²) in [5.74, 6) is -0.160. The SMILES string of the molecule is CCOc1nc2c(Cl)ccnc2n1-c1ccc2c(c1C)CCc1ccccc1/C2=C(/C)c1noc(=O)[nH]1. The molecule has 0 atom stereocenters. The Hall–Kier alpha value is -4.17. The lowest BCUT2D eigenvalue weighted by atomic mass is 9.88. The molecule has 37 heavy (non-hydrogen) atoms. The lowest BCUT2D eigenvalue weighted by Gasteiger charge is -2.19. The quantitative estimate of drug-likeness (QED) is 0.339. The number of benzene rings is 2. The number of allylic oxidation sites excluding steroid dienone is 1. The number of aryl methyl sites for hydroxylation is 1. The Labute approximate surface area is 217 Å². The number of rotatable bonds is 4. The number of hydrogen-bond acceptors (Lipinski definition) is 6. The van der Waals surface area contributed by atoms with Gasteiger partial charge in [0.25, 0.3) is 0 Å². The van der Waals surface area contributed by atoms with Crippen LogP contribution in [0, 0.1) is 6.92 Å². The Bertz CT molecular complexity index is 1760. The highest BCUT2D eigenvalue weighted by molar-refractivity contribution is 6.34. The minimum atomic E-state index is -0.579. The number of imidazole rings is 1. The van der Waals surface area contributed by atoms with Crippen LogP contribution in [0.2, 0.25) is 5.02 Å². The van der Waals surface area contributed by atoms with Crippen molar-refractivity contribution in [2.45, 2.75) is 33.6 Å². The molecule has 1 aliphatic carbocycles. The van der Waals surface area contributed by atoms with E-state index in [-0.39, 0.29) is 0 Å². The zero-order valence-corrected chi connectivity index (χ0v) is 21.4. The van der Waals surface area contributed by atoms with Crippen molar-refractivity contribution in [1.82, 2.24) is 24.7 Å². The van der Waals surface area contributed by atoms with Gasteiger partial charge in [-0.25, -0.2) is 14.3 Å². The second-order valence-electron chi connectivity index (χ2n) is 8.96. The first-order chi connectivity index (χ1) is 18.0. The Morgan fingerprint density at radius 2 is 2.00 bits per heavy atom. The van der Waals surface area contributed by atoms with E-state index in [1.807, 2.05) is 24.5 Å². The molecule has 6 rings (SSSR count). The molecule has 8 nitrogen and oxygen atoms in total. The molecule has 3 heterocycles. The van der Waals surface area contributed by atoms with Crippen LogP contribution < -0.4 is 10.5 Å². The molecule has 0 fully saturated rings. The van der Waals surface area contributed by atoms with Crippen molar-refractivity contribution in [2.24, 2.45) is 0 Å². The molecule has 5 aromatic rings. The Balaban J connectivity index is 1.63. The van der Waals surface area contributed by atoms with Gasteiger partial charge in [0.2, 0.25) is 0 Å². The zero-order chi connectivity index (χ0) is 25.7. The number of pyridine rings is 1. The summed E-state index contributed by atoms with van der Waals surface area (Å²) in [6, 6.07) is 14.7. The first-order valence-electron chi connectivity index (χ1n) is 12.1. The number of fused-ring (bicyclic) bond motifs is 3. The van der Waals surface area contributed by atoms with Gasteiger partial charge in [0.05, 0.1) is 17.3 Å². The van der Waals surface area contributed by atoms with Crippen LogP contribution in [0.1, 0.15) is 47.5 Å². The number of aromatic nitrogens is 5. The Morgan fingerprint density at radius 1 is 1.16 bits per heavy atom. The third kappa shape index (κ3) is 3.76. The number of nitrogens with zero attached hydrogens (tertiary/aromatic N) is 4. The number of ether oxygens (including phenoxy) is 1. The molecular formula is C28H24ClN5O3. The van der Waals surface area contributed by atoms with Crippen LogP contribution >= 0.6 is 11.6 Å². The van der Waals surface area contributed by atoms with E-state index in [1.165, 1.54) is 11.1 Å². The van der Waals surface area contributed by atoms with Crippen molar-refractivity contribution in [2.75, 3.05) is 6.61 Å². The number of hydrogen-bond donors (Lipinski definition) is 1. The predicted octanol–water partition coefficient (Wildman–Crippen LogP) is 5.53. The summed E-state index contributed by atoms with van der Waals surface area (Å²) < 4.78 is 12.7. The molecule has 0 radical (unpaired) electrons. The average Bonchev–Trinajstić information content (AvgIpc) is 3.44. The van der Waals surface area contributed by atoms with Crippen LogP contribution in [0.4, 0.5) is 0 Å². The summed E-state index contributed by atoms with van der Waals surface area (Å²) >= 11 is 6.46. The van der Waals surface area contributed by atoms with Gasteiger partial charge in [-0.1, -0.05) is 47.1 Å². The van der Waals surface area contributed by atoms with Crippen molar-refractivity contribution in [1.29, 1.82) is 0 Å². The van der Waals surface area contributed by atoms with Gasteiger partial charge < -0.3 is 4.74 Å². The molecule has 1 aliphatic rings. The van der Waals surface area contributed by atoms with Gasteiger partial charge in [0.1, 0.15) is 5.52 Å². The van der Waals surface area contributed by atoms with E-state index in [4.69, 9.17) is 20.9 Å². The zero-order valence-electron chi connectivity index (χ0n) is 20.6. The normalized spacial score (nSPS) is 14.3. The minimum Gasteiger partial charge on any atom is -0.465 e. The van der Waals surface area contributed by atoms with E-state index < -0.39 is 5.76 Å². The summed E-state index contributed by atoms with van der Waals surface area (Å²) in [4.78, 5) is 23.7. The topological polar surface area (TPSA) is 98.8 Å². The van der Waals surface area contributed by atoms with Crippen molar-refractivity contribution in [3.05, 3.63) is 97.9 Å². The summed E-state index contributed by atoms with van der Waals surface area (Å²) in [5, 5.41) is 4.49. The third-order valence-corrected chi connectivity index (χ3v) is 7.23. The molecule has 0 spiro atoms. The van der Waals surface area contributed by atoms with E-state index in [0.717, 1.165) is 46.4 Å². The van der Waals surface area contributed by atoms with Crippen LogP contribution in [0.3, 0.4) is 0 Å². The van der Waals surface area contributed by atoms with Gasteiger partial charge in [-0.15, -0.1) is 0 Å². The van der Waals surface area contributed by atoms with Gasteiger partial charge in [0, 0.05) is 11.8 Å². The van der Waals surface area contributed by atoms with Gasteiger partial charge >= 0.3 is 11.8 Å². The monoisotopic (exact) mass is 513 g/mol. The molecule has 1 N–H and O–H groups in total. The Kier molecular flexibility index (Phi) is 5.68. The second-order valence-corrected chi connectivity index (χ2v) is 9.37. The molecule has 0 saturated carbocycles. The smallest absolute Gasteiger partial charge is 0.439 e. The number of aromatic amines is 1. The van der Waals surface area contributed by atoms with Crippen molar-refractivity contribution in [3.63, 3.8) is 0 Å². The summed E-state index contributed by atoms with van der Waals surface area (Å²) in [6.45, 7) is 6.46. The fourth-order valence-electron chi connectivity index (χ4n) is 5.21. The number of nitrogens with one attached hydrogen (secondary N) is 1. The Morgan fingerprint density at radius 3 is 2.78 bits per heavy atom. The molecule has 0 amide bonds. The van der Waals surface area contributed by atoms with Crippen molar-refractivity contribution >= 4 is 33.9 Å². The van der Waals surface area contributed by atoms with Crippen LogP contribution in [0.5, 0.6) is 6.01 Å². The van der Waals surface area contributed by atoms with Crippen molar-refractivity contribution in [3.8, 4) is 11.7 Å². The lowest BCUT2D eigenvalue weighted by Crippen LogP contribution is -2.07. The highest BCUT2D eigenvalue weighted by Crippen LogP contribution is 2.41. The molecular weight excluding hydrogens is 490 g/mol. The molecule has 0 bridgehead atoms. The van der Waals surface area contributed by atoms with E-state index >= 15 is 0 Å². The van der Waals surface area contributed by atoms with E-state index in [2.05, 4.69) is 57.4 Å². The van der Waals surface area contributed by atoms with Gasteiger partial charge in [-0.3, -0.25) is 9.51 Å². The van der Waals surface area contributed by atoms with Crippen LogP contribution in [-0.2, 0) is 12.8 Å². The van der Waals surface area contributed by atoms with E-state index in [9.17, 15) is 4.79 Å². The van der Waals surface area contributed by atoms with Crippen LogP contribution in [-0.4, -0.2) is 31.3 Å². The van der Waals surface area contributed by atoms with Gasteiger partial charge in [-0.2, -0.15) is 4.98 Å². The molecule has 0 saturated heterocycles. The number of halogens is 1. The predicted molar refractivity (Wildman–Crippen MR) is 142 cm³/mol. The third-order valence-electron chi connectivity index (χ3n) is 6.92. The van der Waals surface area contributed by atoms with E-state index in [0.29, 0.717) is 34.6 Å². The molecule has 186 valence electrons. The fraction of sp³-hybridized carbons (Fsp3) is 0.214. The molecule has 2 aromatic carbocycles. The lowest BCUT2D eigenvalue weighted by molar-refractivity contribution is 0.309. The van der Waals surface area contributed by atoms with Gasteiger partial charge in [0.15, 0.2) is 11.5 Å². The summed E-state index contributed by atoms with van der Waals surface area (Å²) in [6.07, 6.45) is 3.38. The number of H-pyrrole nitrogens is 1. The minimum absolute atomic E-state index is 0.419. The molecule has 3 aromatic heterocycles. The van der Waals surface area contributed by atoms with Crippen LogP contribution in [0.15, 0.2) is 58.0 Å². The fourth-order valence-corrected chi connectivity index (χ4v) is 5.39. The van der Waals surface area contributed by atoms with Crippen LogP contribution in [0.25, 0.3) is 28.0 Å². The first kappa shape index (κ1) is 23.2. The largest absolute Gasteiger partial charge is 0.465 e. The maximum Gasteiger partial charge on any atom is 0.439 e. The maximum absolute atomic E-state index is 11.7. The summed E-state index contributed by atoms with van der Waals surface area (Å²) in [5.41, 5.74) is 9.74. The molecule has 0 aliphatic heterocycles. The molecule has 9 heteroatoms. The summed E-state index contributed by atoms with van der Waals surface area (Å²) in [7, 11) is 0. The van der Waals surface area contributed by atoms with E-state index in [1.54, 1.807) is 12.3 Å². The highest BCUT2D eigenvalue weighted by Gasteiger charge is 2.26. The molecule has 0 unspecified atom stereocenters.